The molecule has 0 saturated carbocycles. The van der Waals surface area contributed by atoms with Crippen LogP contribution in [0.5, 0.6) is 0 Å². The SMILES string of the molecule is CCOC(=O)N1CC2CN(C(=O)Nc3cc(-c4ccc(C)cc4)ccc3N)CC2C1. The van der Waals surface area contributed by atoms with Crippen LogP contribution in [0.1, 0.15) is 12.5 Å². The molecule has 7 heteroatoms. The van der Waals surface area contributed by atoms with Crippen molar-refractivity contribution < 1.29 is 14.3 Å². The maximum Gasteiger partial charge on any atom is 0.409 e. The summed E-state index contributed by atoms with van der Waals surface area (Å²) in [6, 6.07) is 13.8. The summed E-state index contributed by atoms with van der Waals surface area (Å²) in [4.78, 5) is 28.4. The molecule has 0 radical (unpaired) electrons. The summed E-state index contributed by atoms with van der Waals surface area (Å²) in [7, 11) is 0. The van der Waals surface area contributed by atoms with Gasteiger partial charge in [0.25, 0.3) is 0 Å². The number of aryl methyl sites for hydroxylation is 1. The molecule has 4 rings (SSSR count). The van der Waals surface area contributed by atoms with E-state index in [-0.39, 0.29) is 24.0 Å². The Morgan fingerprint density at radius 1 is 1.00 bits per heavy atom. The molecule has 0 bridgehead atoms. The Bertz CT molecular complexity index is 930. The summed E-state index contributed by atoms with van der Waals surface area (Å²) in [6.07, 6.45) is -0.261. The predicted molar refractivity (Wildman–Crippen MR) is 117 cm³/mol. The van der Waals surface area contributed by atoms with Gasteiger partial charge in [-0.25, -0.2) is 9.59 Å². The first-order valence-corrected chi connectivity index (χ1v) is 10.4. The van der Waals surface area contributed by atoms with Gasteiger partial charge in [0.05, 0.1) is 18.0 Å². The lowest BCUT2D eigenvalue weighted by atomic mass is 10.0. The summed E-state index contributed by atoms with van der Waals surface area (Å²) >= 11 is 0. The number of urea groups is 1. The third kappa shape index (κ3) is 4.06. The number of likely N-dealkylation sites (tertiary alicyclic amines) is 2. The second kappa shape index (κ2) is 8.26. The van der Waals surface area contributed by atoms with Gasteiger partial charge in [-0.3, -0.25) is 0 Å². The highest BCUT2D eigenvalue weighted by Crippen LogP contribution is 2.33. The molecule has 158 valence electrons. The molecule has 0 spiro atoms. The van der Waals surface area contributed by atoms with Crippen LogP contribution >= 0.6 is 0 Å². The van der Waals surface area contributed by atoms with Gasteiger partial charge in [0.2, 0.25) is 0 Å². The maximum atomic E-state index is 12.9. The Labute approximate surface area is 176 Å². The molecule has 2 aliphatic rings. The third-order valence-corrected chi connectivity index (χ3v) is 5.98. The van der Waals surface area contributed by atoms with Crippen molar-refractivity contribution >= 4 is 23.5 Å². The van der Waals surface area contributed by atoms with Crippen molar-refractivity contribution in [2.75, 3.05) is 43.8 Å². The van der Waals surface area contributed by atoms with Gasteiger partial charge in [-0.15, -0.1) is 0 Å². The first-order valence-electron chi connectivity index (χ1n) is 10.4. The Morgan fingerprint density at radius 3 is 2.23 bits per heavy atom. The number of nitrogens with one attached hydrogen (secondary N) is 1. The number of ether oxygens (including phenoxy) is 1. The van der Waals surface area contributed by atoms with Crippen LogP contribution in [0.2, 0.25) is 0 Å². The van der Waals surface area contributed by atoms with E-state index in [1.807, 2.05) is 23.1 Å². The van der Waals surface area contributed by atoms with Crippen LogP contribution in [-0.2, 0) is 4.74 Å². The van der Waals surface area contributed by atoms with Gasteiger partial charge in [-0.1, -0.05) is 35.9 Å². The average Bonchev–Trinajstić information content (AvgIpc) is 3.30. The molecule has 0 aliphatic carbocycles. The summed E-state index contributed by atoms with van der Waals surface area (Å²) in [6.45, 7) is 6.77. The van der Waals surface area contributed by atoms with Gasteiger partial charge >= 0.3 is 12.1 Å². The normalized spacial score (nSPS) is 20.2. The van der Waals surface area contributed by atoms with Crippen LogP contribution in [0.15, 0.2) is 42.5 Å². The van der Waals surface area contributed by atoms with Gasteiger partial charge in [0, 0.05) is 38.0 Å². The van der Waals surface area contributed by atoms with Gasteiger partial charge in [-0.05, 0) is 37.1 Å². The fourth-order valence-electron chi connectivity index (χ4n) is 4.31. The molecule has 2 saturated heterocycles. The van der Waals surface area contributed by atoms with E-state index >= 15 is 0 Å². The number of hydrogen-bond donors (Lipinski definition) is 2. The molecule has 30 heavy (non-hydrogen) atoms. The van der Waals surface area contributed by atoms with Gasteiger partial charge in [0.15, 0.2) is 0 Å². The van der Waals surface area contributed by atoms with Crippen molar-refractivity contribution in [1.29, 1.82) is 0 Å². The second-order valence-electron chi connectivity index (χ2n) is 8.13. The summed E-state index contributed by atoms with van der Waals surface area (Å²) in [5.41, 5.74) is 10.5. The number of fused-ring (bicyclic) bond motifs is 1. The Hall–Kier alpha value is -3.22. The van der Waals surface area contributed by atoms with Crippen molar-refractivity contribution in [3.8, 4) is 11.1 Å². The molecule has 0 aromatic heterocycles. The summed E-state index contributed by atoms with van der Waals surface area (Å²) in [5, 5.41) is 2.97. The molecule has 2 heterocycles. The number of benzene rings is 2. The molecular formula is C23H28N4O3. The molecule has 2 aromatic rings. The molecule has 2 fully saturated rings. The number of nitrogen functional groups attached to an aromatic ring is 1. The van der Waals surface area contributed by atoms with Crippen LogP contribution in [-0.4, -0.2) is 54.7 Å². The van der Waals surface area contributed by atoms with Crippen molar-refractivity contribution in [3.05, 3.63) is 48.0 Å². The van der Waals surface area contributed by atoms with Crippen molar-refractivity contribution in [3.63, 3.8) is 0 Å². The number of carbonyl (C=O) groups is 2. The van der Waals surface area contributed by atoms with E-state index < -0.39 is 0 Å². The highest BCUT2D eigenvalue weighted by atomic mass is 16.6. The third-order valence-electron chi connectivity index (χ3n) is 5.98. The largest absolute Gasteiger partial charge is 0.450 e. The van der Waals surface area contributed by atoms with Crippen LogP contribution in [0.25, 0.3) is 11.1 Å². The number of carbonyl (C=O) groups excluding carboxylic acids is 2. The van der Waals surface area contributed by atoms with Crippen LogP contribution in [0.3, 0.4) is 0 Å². The highest BCUT2D eigenvalue weighted by Gasteiger charge is 2.43. The minimum atomic E-state index is -0.261. The van der Waals surface area contributed by atoms with Crippen molar-refractivity contribution in [2.24, 2.45) is 11.8 Å². The zero-order valence-corrected chi connectivity index (χ0v) is 17.4. The maximum absolute atomic E-state index is 12.9. The lowest BCUT2D eigenvalue weighted by molar-refractivity contribution is 0.112. The molecule has 2 aromatic carbocycles. The molecule has 2 aliphatic heterocycles. The Morgan fingerprint density at radius 2 is 1.60 bits per heavy atom. The fourth-order valence-corrected chi connectivity index (χ4v) is 4.31. The predicted octanol–water partition coefficient (Wildman–Crippen LogP) is 3.80. The lowest BCUT2D eigenvalue weighted by Gasteiger charge is -2.22. The smallest absolute Gasteiger partial charge is 0.409 e. The molecule has 3 N–H and O–H groups in total. The first kappa shape index (κ1) is 20.1. The van der Waals surface area contributed by atoms with E-state index in [1.165, 1.54) is 5.56 Å². The molecule has 2 atom stereocenters. The molecule has 7 nitrogen and oxygen atoms in total. The van der Waals surface area contributed by atoms with E-state index in [2.05, 4.69) is 36.5 Å². The Balaban J connectivity index is 1.40. The number of hydrogen-bond acceptors (Lipinski definition) is 4. The van der Waals surface area contributed by atoms with Crippen LogP contribution < -0.4 is 11.1 Å². The standard InChI is InChI=1S/C23H28N4O3/c1-3-30-23(29)27-13-18-11-26(12-19(18)14-27)22(28)25-21-10-17(8-9-20(21)24)16-6-4-15(2)5-7-16/h4-10,18-19H,3,11-14,24H2,1-2H3,(H,25,28). The minimum Gasteiger partial charge on any atom is -0.450 e. The van der Waals surface area contributed by atoms with Crippen molar-refractivity contribution in [1.82, 2.24) is 9.80 Å². The molecular weight excluding hydrogens is 380 g/mol. The summed E-state index contributed by atoms with van der Waals surface area (Å²) in [5.74, 6) is 0.577. The average molecular weight is 409 g/mol. The fraction of sp³-hybridized carbons (Fsp3) is 0.391. The second-order valence-corrected chi connectivity index (χ2v) is 8.13. The van der Waals surface area contributed by atoms with Crippen LogP contribution in [0, 0.1) is 18.8 Å². The molecule has 2 unspecified atom stereocenters. The van der Waals surface area contributed by atoms with E-state index in [1.54, 1.807) is 11.8 Å². The van der Waals surface area contributed by atoms with Crippen LogP contribution in [0.4, 0.5) is 21.0 Å². The minimum absolute atomic E-state index is 0.153. The van der Waals surface area contributed by atoms with Gasteiger partial charge in [-0.2, -0.15) is 0 Å². The zero-order valence-electron chi connectivity index (χ0n) is 17.4. The zero-order chi connectivity index (χ0) is 21.3. The first-order chi connectivity index (χ1) is 14.4. The Kier molecular flexibility index (Phi) is 5.53. The van der Waals surface area contributed by atoms with Gasteiger partial charge < -0.3 is 25.6 Å². The number of amides is 3. The molecule has 3 amide bonds. The number of nitrogens with zero attached hydrogens (tertiary/aromatic N) is 2. The van der Waals surface area contributed by atoms with E-state index in [4.69, 9.17) is 10.5 Å². The monoisotopic (exact) mass is 408 g/mol. The van der Waals surface area contributed by atoms with Crippen molar-refractivity contribution in [2.45, 2.75) is 13.8 Å². The lowest BCUT2D eigenvalue weighted by Crippen LogP contribution is -2.37. The highest BCUT2D eigenvalue weighted by molar-refractivity contribution is 5.94. The van der Waals surface area contributed by atoms with E-state index in [0.717, 1.165) is 11.1 Å². The topological polar surface area (TPSA) is 87.9 Å². The number of nitrogens with two attached hydrogens (primary N) is 1. The van der Waals surface area contributed by atoms with E-state index in [0.29, 0.717) is 44.2 Å². The van der Waals surface area contributed by atoms with E-state index in [9.17, 15) is 9.59 Å². The summed E-state index contributed by atoms with van der Waals surface area (Å²) < 4.78 is 5.09. The number of anilines is 2. The quantitative estimate of drug-likeness (QED) is 0.756. The van der Waals surface area contributed by atoms with Gasteiger partial charge in [0.1, 0.15) is 0 Å². The number of rotatable bonds is 3.